The second kappa shape index (κ2) is 10.4. The van der Waals surface area contributed by atoms with Gasteiger partial charge in [-0.1, -0.05) is 66.7 Å². The van der Waals surface area contributed by atoms with E-state index in [0.717, 1.165) is 22.6 Å². The minimum Gasteiger partial charge on any atom is -0.454 e. The summed E-state index contributed by atoms with van der Waals surface area (Å²) in [6.07, 6.45) is 1.42. The quantitative estimate of drug-likeness (QED) is 0.368. The van der Waals surface area contributed by atoms with Crippen molar-refractivity contribution in [2.75, 3.05) is 6.79 Å². The summed E-state index contributed by atoms with van der Waals surface area (Å²) in [5, 5.41) is 2.98. The summed E-state index contributed by atoms with van der Waals surface area (Å²) in [7, 11) is 0. The lowest BCUT2D eigenvalue weighted by Crippen LogP contribution is -2.27. The minimum absolute atomic E-state index is 0.135. The first-order chi connectivity index (χ1) is 17.1. The fourth-order valence-electron chi connectivity index (χ4n) is 4.08. The van der Waals surface area contributed by atoms with Crippen LogP contribution in [0.25, 0.3) is 0 Å². The molecule has 7 nitrogen and oxygen atoms in total. The first-order valence-corrected chi connectivity index (χ1v) is 11.6. The standard InChI is InChI=1S/C28H27N3O4/c1-20(23-10-6-3-7-11-23)29-28(32)24-18-33-27(30-24)17-31(15-21-8-4-2-5-9-21)16-22-12-13-25-26(14-22)35-19-34-25/h2-14,18,20H,15-17,19H2,1H3,(H,29,32)/t20-/m1/s1. The van der Waals surface area contributed by atoms with Crippen LogP contribution in [0.2, 0.25) is 0 Å². The third-order valence-electron chi connectivity index (χ3n) is 5.88. The zero-order valence-electron chi connectivity index (χ0n) is 19.5. The maximum Gasteiger partial charge on any atom is 0.273 e. The van der Waals surface area contributed by atoms with Crippen molar-refractivity contribution in [3.05, 3.63) is 113 Å². The maximum absolute atomic E-state index is 12.7. The van der Waals surface area contributed by atoms with Crippen molar-refractivity contribution in [2.45, 2.75) is 32.6 Å². The number of nitrogens with one attached hydrogen (secondary N) is 1. The molecule has 0 saturated heterocycles. The Morgan fingerprint density at radius 3 is 2.43 bits per heavy atom. The number of carbonyl (C=O) groups is 1. The number of amides is 1. The highest BCUT2D eigenvalue weighted by molar-refractivity contribution is 5.92. The van der Waals surface area contributed by atoms with Gasteiger partial charge in [0, 0.05) is 13.1 Å². The van der Waals surface area contributed by atoms with Crippen LogP contribution in [-0.4, -0.2) is 22.6 Å². The van der Waals surface area contributed by atoms with E-state index in [-0.39, 0.29) is 24.4 Å². The lowest BCUT2D eigenvalue weighted by molar-refractivity contribution is 0.0934. The van der Waals surface area contributed by atoms with Crippen molar-refractivity contribution in [1.82, 2.24) is 15.2 Å². The van der Waals surface area contributed by atoms with Gasteiger partial charge in [0.1, 0.15) is 6.26 Å². The SMILES string of the molecule is C[C@@H](NC(=O)c1coc(CN(Cc2ccccc2)Cc2ccc3c(c2)OCO3)n1)c1ccccc1. The fourth-order valence-corrected chi connectivity index (χ4v) is 4.08. The Kier molecular flexibility index (Phi) is 6.77. The van der Waals surface area contributed by atoms with Crippen molar-refractivity contribution in [3.8, 4) is 11.5 Å². The fraction of sp³-hybridized carbons (Fsp3) is 0.214. The Bertz CT molecular complexity index is 1270. The molecule has 0 fully saturated rings. The molecule has 178 valence electrons. The zero-order valence-corrected chi connectivity index (χ0v) is 19.5. The summed E-state index contributed by atoms with van der Waals surface area (Å²) in [5.41, 5.74) is 3.56. The molecule has 7 heteroatoms. The predicted octanol–water partition coefficient (Wildman–Crippen LogP) is 5.10. The number of ether oxygens (including phenoxy) is 2. The van der Waals surface area contributed by atoms with E-state index in [1.165, 1.54) is 11.8 Å². The zero-order chi connectivity index (χ0) is 24.0. The van der Waals surface area contributed by atoms with Gasteiger partial charge in [-0.3, -0.25) is 9.69 Å². The second-order valence-electron chi connectivity index (χ2n) is 8.55. The Morgan fingerprint density at radius 1 is 0.914 bits per heavy atom. The van der Waals surface area contributed by atoms with Crippen LogP contribution >= 0.6 is 0 Å². The number of benzene rings is 3. The van der Waals surface area contributed by atoms with E-state index in [0.29, 0.717) is 25.5 Å². The predicted molar refractivity (Wildman–Crippen MR) is 131 cm³/mol. The van der Waals surface area contributed by atoms with Gasteiger partial charge in [-0.2, -0.15) is 0 Å². The Labute approximate surface area is 204 Å². The van der Waals surface area contributed by atoms with E-state index in [9.17, 15) is 4.79 Å². The number of aromatic nitrogens is 1. The first kappa shape index (κ1) is 22.7. The van der Waals surface area contributed by atoms with E-state index in [1.807, 2.05) is 73.7 Å². The highest BCUT2D eigenvalue weighted by Gasteiger charge is 2.19. The number of oxazole rings is 1. The number of fused-ring (bicyclic) bond motifs is 1. The van der Waals surface area contributed by atoms with E-state index in [2.05, 4.69) is 27.3 Å². The van der Waals surface area contributed by atoms with Crippen molar-refractivity contribution in [2.24, 2.45) is 0 Å². The van der Waals surface area contributed by atoms with Crippen molar-refractivity contribution >= 4 is 5.91 Å². The molecule has 0 saturated carbocycles. The van der Waals surface area contributed by atoms with Crippen LogP contribution in [0, 0.1) is 0 Å². The molecular weight excluding hydrogens is 442 g/mol. The Morgan fingerprint density at radius 2 is 1.63 bits per heavy atom. The Hall–Kier alpha value is -4.10. The monoisotopic (exact) mass is 469 g/mol. The lowest BCUT2D eigenvalue weighted by Gasteiger charge is -2.21. The molecule has 0 unspecified atom stereocenters. The van der Waals surface area contributed by atoms with Gasteiger partial charge in [0.2, 0.25) is 12.7 Å². The number of carbonyl (C=O) groups excluding carboxylic acids is 1. The van der Waals surface area contributed by atoms with E-state index < -0.39 is 0 Å². The molecule has 0 aliphatic carbocycles. The van der Waals surface area contributed by atoms with Gasteiger partial charge >= 0.3 is 0 Å². The summed E-state index contributed by atoms with van der Waals surface area (Å²) >= 11 is 0. The minimum atomic E-state index is -0.262. The maximum atomic E-state index is 12.7. The van der Waals surface area contributed by atoms with Gasteiger partial charge < -0.3 is 19.2 Å². The molecular formula is C28H27N3O4. The molecule has 5 rings (SSSR count). The number of hydrogen-bond acceptors (Lipinski definition) is 6. The van der Waals surface area contributed by atoms with Gasteiger partial charge in [0.25, 0.3) is 5.91 Å². The molecule has 1 amide bonds. The topological polar surface area (TPSA) is 76.8 Å². The lowest BCUT2D eigenvalue weighted by atomic mass is 10.1. The van der Waals surface area contributed by atoms with Crippen LogP contribution in [0.5, 0.6) is 11.5 Å². The molecule has 4 aromatic rings. The van der Waals surface area contributed by atoms with Crippen LogP contribution in [0.3, 0.4) is 0 Å². The molecule has 35 heavy (non-hydrogen) atoms. The molecule has 1 aromatic heterocycles. The van der Waals surface area contributed by atoms with E-state index in [1.54, 1.807) is 0 Å². The molecule has 1 N–H and O–H groups in total. The summed E-state index contributed by atoms with van der Waals surface area (Å²) in [4.78, 5) is 19.4. The van der Waals surface area contributed by atoms with Gasteiger partial charge in [0.05, 0.1) is 12.6 Å². The third-order valence-corrected chi connectivity index (χ3v) is 5.88. The van der Waals surface area contributed by atoms with Crippen molar-refractivity contribution in [1.29, 1.82) is 0 Å². The average Bonchev–Trinajstić information content (AvgIpc) is 3.54. The molecule has 1 aliphatic heterocycles. The van der Waals surface area contributed by atoms with Crippen LogP contribution in [-0.2, 0) is 19.6 Å². The van der Waals surface area contributed by atoms with E-state index in [4.69, 9.17) is 13.9 Å². The second-order valence-corrected chi connectivity index (χ2v) is 8.55. The number of rotatable bonds is 9. The largest absolute Gasteiger partial charge is 0.454 e. The molecule has 3 aromatic carbocycles. The molecule has 2 heterocycles. The third kappa shape index (κ3) is 5.70. The van der Waals surface area contributed by atoms with Crippen molar-refractivity contribution < 1.29 is 18.7 Å². The van der Waals surface area contributed by atoms with Crippen LogP contribution in [0.4, 0.5) is 0 Å². The summed E-state index contributed by atoms with van der Waals surface area (Å²) in [6.45, 7) is 3.99. The molecule has 1 aliphatic rings. The molecule has 1 atom stereocenters. The summed E-state index contributed by atoms with van der Waals surface area (Å²) in [6, 6.07) is 25.9. The van der Waals surface area contributed by atoms with Gasteiger partial charge in [-0.05, 0) is 35.7 Å². The highest BCUT2D eigenvalue weighted by atomic mass is 16.7. The summed E-state index contributed by atoms with van der Waals surface area (Å²) in [5.74, 6) is 1.74. The van der Waals surface area contributed by atoms with Gasteiger partial charge in [-0.15, -0.1) is 0 Å². The average molecular weight is 470 g/mol. The summed E-state index contributed by atoms with van der Waals surface area (Å²) < 4.78 is 16.7. The van der Waals surface area contributed by atoms with Gasteiger partial charge in [0.15, 0.2) is 17.2 Å². The Balaban J connectivity index is 1.28. The van der Waals surface area contributed by atoms with Crippen LogP contribution in [0.1, 0.15) is 46.0 Å². The van der Waals surface area contributed by atoms with Crippen LogP contribution in [0.15, 0.2) is 89.5 Å². The molecule has 0 spiro atoms. The molecule has 0 bridgehead atoms. The van der Waals surface area contributed by atoms with Crippen molar-refractivity contribution in [3.63, 3.8) is 0 Å². The van der Waals surface area contributed by atoms with Gasteiger partial charge in [-0.25, -0.2) is 4.98 Å². The number of nitrogens with zero attached hydrogens (tertiary/aromatic N) is 2. The first-order valence-electron chi connectivity index (χ1n) is 11.6. The number of hydrogen-bond donors (Lipinski definition) is 1. The highest BCUT2D eigenvalue weighted by Crippen LogP contribution is 2.33. The van der Waals surface area contributed by atoms with Crippen LogP contribution < -0.4 is 14.8 Å². The molecule has 0 radical (unpaired) electrons. The smallest absolute Gasteiger partial charge is 0.273 e. The normalized spacial score (nSPS) is 13.1. The van der Waals surface area contributed by atoms with E-state index >= 15 is 0 Å².